The quantitative estimate of drug-likeness (QED) is 0.772. The topological polar surface area (TPSA) is 75.6 Å². The summed E-state index contributed by atoms with van der Waals surface area (Å²) >= 11 is 3.01. The summed E-state index contributed by atoms with van der Waals surface area (Å²) in [6.45, 7) is -0.586. The van der Waals surface area contributed by atoms with Crippen LogP contribution >= 0.6 is 15.9 Å². The number of carboxylic acids is 1. The second kappa shape index (κ2) is 7.87. The van der Waals surface area contributed by atoms with Crippen LogP contribution in [0.1, 0.15) is 6.42 Å². The van der Waals surface area contributed by atoms with E-state index in [9.17, 15) is 22.8 Å². The molecule has 9 heteroatoms. The number of alkyl halides is 2. The smallest absolute Gasteiger partial charge is 0.326 e. The van der Waals surface area contributed by atoms with Crippen molar-refractivity contribution in [1.82, 2.24) is 5.32 Å². The first-order valence-corrected chi connectivity index (χ1v) is 6.47. The molecule has 1 rings (SSSR count). The maximum atomic E-state index is 12.8. The van der Waals surface area contributed by atoms with E-state index in [0.717, 1.165) is 12.1 Å². The normalized spacial score (nSPS) is 12.0. The van der Waals surface area contributed by atoms with Gasteiger partial charge in [-0.2, -0.15) is 0 Å². The van der Waals surface area contributed by atoms with Crippen LogP contribution in [0.15, 0.2) is 22.7 Å². The number of hydrogen-bond acceptors (Lipinski definition) is 3. The number of rotatable bonds is 7. The van der Waals surface area contributed by atoms with Crippen molar-refractivity contribution in [3.63, 3.8) is 0 Å². The number of amides is 1. The van der Waals surface area contributed by atoms with Gasteiger partial charge in [-0.05, 0) is 34.1 Å². The zero-order chi connectivity index (χ0) is 16.0. The van der Waals surface area contributed by atoms with Crippen LogP contribution in [0.2, 0.25) is 0 Å². The largest absolute Gasteiger partial charge is 0.483 e. The molecule has 1 aromatic carbocycles. The number of carbonyl (C=O) groups is 2. The highest BCUT2D eigenvalue weighted by molar-refractivity contribution is 9.10. The molecule has 0 heterocycles. The van der Waals surface area contributed by atoms with E-state index < -0.39 is 43.2 Å². The van der Waals surface area contributed by atoms with E-state index in [1.165, 1.54) is 6.07 Å². The molecular weight excluding hydrogens is 359 g/mol. The lowest BCUT2D eigenvalue weighted by Gasteiger charge is -2.14. The van der Waals surface area contributed by atoms with Gasteiger partial charge in [-0.15, -0.1) is 0 Å². The summed E-state index contributed by atoms with van der Waals surface area (Å²) in [5, 5.41) is 10.6. The summed E-state index contributed by atoms with van der Waals surface area (Å²) in [5.74, 6) is -2.79. The Bertz CT molecular complexity index is 527. The first-order chi connectivity index (χ1) is 9.79. The lowest BCUT2D eigenvalue weighted by atomic mass is 10.2. The molecule has 0 saturated heterocycles. The zero-order valence-electron chi connectivity index (χ0n) is 10.5. The average Bonchev–Trinajstić information content (AvgIpc) is 2.36. The minimum Gasteiger partial charge on any atom is -0.483 e. The lowest BCUT2D eigenvalue weighted by molar-refractivity contribution is -0.143. The summed E-state index contributed by atoms with van der Waals surface area (Å²) < 4.78 is 42.4. The minimum atomic E-state index is -2.86. The molecule has 0 aliphatic rings. The molecule has 1 aromatic rings. The van der Waals surface area contributed by atoms with Gasteiger partial charge < -0.3 is 15.2 Å². The van der Waals surface area contributed by atoms with Crippen LogP contribution in [0.25, 0.3) is 0 Å². The Balaban J connectivity index is 2.54. The average molecular weight is 370 g/mol. The van der Waals surface area contributed by atoms with Crippen LogP contribution in [0.3, 0.4) is 0 Å². The third kappa shape index (κ3) is 6.03. The number of carboxylic acid groups (broad SMARTS) is 1. The maximum Gasteiger partial charge on any atom is 0.326 e. The van der Waals surface area contributed by atoms with Gasteiger partial charge in [0, 0.05) is 6.42 Å². The van der Waals surface area contributed by atoms with E-state index in [-0.39, 0.29) is 10.2 Å². The summed E-state index contributed by atoms with van der Waals surface area (Å²) in [4.78, 5) is 22.2. The van der Waals surface area contributed by atoms with Crippen LogP contribution in [-0.2, 0) is 9.59 Å². The molecule has 116 valence electrons. The highest BCUT2D eigenvalue weighted by Gasteiger charge is 2.24. The van der Waals surface area contributed by atoms with Gasteiger partial charge in [-0.3, -0.25) is 4.79 Å². The second-order valence-electron chi connectivity index (χ2n) is 3.95. The van der Waals surface area contributed by atoms with Gasteiger partial charge in [0.05, 0.1) is 4.47 Å². The first kappa shape index (κ1) is 17.3. The minimum absolute atomic E-state index is 0.160. The molecule has 5 nitrogen and oxygen atoms in total. The molecule has 2 N–H and O–H groups in total. The molecule has 1 unspecified atom stereocenters. The van der Waals surface area contributed by atoms with Crippen LogP contribution in [-0.4, -0.2) is 36.1 Å². The Kier molecular flexibility index (Phi) is 6.47. The van der Waals surface area contributed by atoms with E-state index >= 15 is 0 Å². The van der Waals surface area contributed by atoms with Crippen LogP contribution in [0.4, 0.5) is 13.2 Å². The predicted octanol–water partition coefficient (Wildman–Crippen LogP) is 2.19. The molecule has 0 aromatic heterocycles. The molecule has 1 amide bonds. The fourth-order valence-electron chi connectivity index (χ4n) is 1.37. The summed E-state index contributed by atoms with van der Waals surface area (Å²) in [6, 6.07) is 1.79. The number of ether oxygens (including phenoxy) is 1. The fraction of sp³-hybridized carbons (Fsp3) is 0.333. The molecular formula is C12H11BrF3NO4. The highest BCUT2D eigenvalue weighted by Crippen LogP contribution is 2.25. The Morgan fingerprint density at radius 1 is 1.38 bits per heavy atom. The fourth-order valence-corrected chi connectivity index (χ4v) is 1.84. The standard InChI is InChI=1S/C12H11BrF3NO4/c13-7-3-6(14)1-2-9(7)21-5-11(18)17-8(12(19)20)4-10(15)16/h1-3,8,10H,4-5H2,(H,17,18)(H,19,20). The molecule has 1 atom stereocenters. The SMILES string of the molecule is O=C(COc1ccc(F)cc1Br)NC(CC(F)F)C(=O)O. The van der Waals surface area contributed by atoms with E-state index in [1.807, 2.05) is 5.32 Å². The van der Waals surface area contributed by atoms with Crippen LogP contribution < -0.4 is 10.1 Å². The molecule has 21 heavy (non-hydrogen) atoms. The van der Waals surface area contributed by atoms with Gasteiger partial charge >= 0.3 is 5.97 Å². The number of halogens is 4. The van der Waals surface area contributed by atoms with Crippen LogP contribution in [0, 0.1) is 5.82 Å². The van der Waals surface area contributed by atoms with E-state index in [4.69, 9.17) is 9.84 Å². The Hall–Kier alpha value is -1.77. The predicted molar refractivity (Wildman–Crippen MR) is 69.8 cm³/mol. The van der Waals surface area contributed by atoms with Crippen LogP contribution in [0.5, 0.6) is 5.75 Å². The zero-order valence-corrected chi connectivity index (χ0v) is 12.1. The number of aliphatic carboxylic acids is 1. The van der Waals surface area contributed by atoms with Crippen molar-refractivity contribution in [2.45, 2.75) is 18.9 Å². The Labute approximate surface area is 126 Å². The van der Waals surface area contributed by atoms with Gasteiger partial charge in [-0.1, -0.05) is 0 Å². The summed E-state index contributed by atoms with van der Waals surface area (Å²) in [6.07, 6.45) is -3.86. The van der Waals surface area contributed by atoms with Gasteiger partial charge in [0.2, 0.25) is 6.43 Å². The first-order valence-electron chi connectivity index (χ1n) is 5.67. The Morgan fingerprint density at radius 2 is 2.05 bits per heavy atom. The molecule has 0 radical (unpaired) electrons. The van der Waals surface area contributed by atoms with E-state index in [0.29, 0.717) is 0 Å². The third-order valence-electron chi connectivity index (χ3n) is 2.30. The third-order valence-corrected chi connectivity index (χ3v) is 2.92. The van der Waals surface area contributed by atoms with Crippen molar-refractivity contribution in [3.8, 4) is 5.75 Å². The molecule has 0 spiro atoms. The van der Waals surface area contributed by atoms with Crippen molar-refractivity contribution in [2.24, 2.45) is 0 Å². The number of hydrogen-bond donors (Lipinski definition) is 2. The van der Waals surface area contributed by atoms with Crippen molar-refractivity contribution in [1.29, 1.82) is 0 Å². The monoisotopic (exact) mass is 369 g/mol. The number of benzene rings is 1. The van der Waals surface area contributed by atoms with Gasteiger partial charge in [0.1, 0.15) is 17.6 Å². The van der Waals surface area contributed by atoms with Crippen molar-refractivity contribution in [2.75, 3.05) is 6.61 Å². The summed E-state index contributed by atoms with van der Waals surface area (Å²) in [5.41, 5.74) is 0. The number of carbonyl (C=O) groups excluding carboxylic acids is 1. The molecule has 0 fully saturated rings. The molecule has 0 aliphatic heterocycles. The lowest BCUT2D eigenvalue weighted by Crippen LogP contribution is -2.44. The highest BCUT2D eigenvalue weighted by atomic mass is 79.9. The maximum absolute atomic E-state index is 12.8. The molecule has 0 aliphatic carbocycles. The van der Waals surface area contributed by atoms with Crippen molar-refractivity contribution < 1.29 is 32.6 Å². The van der Waals surface area contributed by atoms with Crippen molar-refractivity contribution >= 4 is 27.8 Å². The van der Waals surface area contributed by atoms with Gasteiger partial charge in [0.25, 0.3) is 5.91 Å². The summed E-state index contributed by atoms with van der Waals surface area (Å²) in [7, 11) is 0. The molecule has 0 bridgehead atoms. The van der Waals surface area contributed by atoms with E-state index in [2.05, 4.69) is 15.9 Å². The van der Waals surface area contributed by atoms with Gasteiger partial charge in [-0.25, -0.2) is 18.0 Å². The second-order valence-corrected chi connectivity index (χ2v) is 4.80. The Morgan fingerprint density at radius 3 is 2.57 bits per heavy atom. The van der Waals surface area contributed by atoms with Gasteiger partial charge in [0.15, 0.2) is 6.61 Å². The van der Waals surface area contributed by atoms with Crippen molar-refractivity contribution in [3.05, 3.63) is 28.5 Å². The van der Waals surface area contributed by atoms with E-state index in [1.54, 1.807) is 0 Å². The molecule has 0 saturated carbocycles. The number of nitrogens with one attached hydrogen (secondary N) is 1.